The molecule has 0 heterocycles. The molecule has 5 nitrogen and oxygen atoms in total. The Morgan fingerprint density at radius 1 is 1.40 bits per heavy atom. The molecule has 6 heteroatoms. The van der Waals surface area contributed by atoms with E-state index in [2.05, 4.69) is 10.1 Å². The molecule has 0 aliphatic carbocycles. The monoisotopic (exact) mass is 278 g/mol. The molecule has 1 aromatic carbocycles. The molecular formula is C14H15FN2O3. The van der Waals surface area contributed by atoms with Crippen LogP contribution in [0.2, 0.25) is 0 Å². The van der Waals surface area contributed by atoms with E-state index in [4.69, 9.17) is 5.26 Å². The highest BCUT2D eigenvalue weighted by Gasteiger charge is 2.24. The summed E-state index contributed by atoms with van der Waals surface area (Å²) >= 11 is 0. The van der Waals surface area contributed by atoms with Gasteiger partial charge in [-0.3, -0.25) is 4.79 Å². The van der Waals surface area contributed by atoms with Gasteiger partial charge in [-0.05, 0) is 37.6 Å². The standard InChI is InChI=1S/C14H15FN2O3/c1-9(8-16)7-12(14(19)20-2)17-13(18)10-3-5-11(15)6-4-10/h3-6,9,12H,7H2,1-2H3,(H,17,18)/t9-,12-/m0/s1. The van der Waals surface area contributed by atoms with E-state index in [-0.39, 0.29) is 12.0 Å². The quantitative estimate of drug-likeness (QED) is 0.830. The summed E-state index contributed by atoms with van der Waals surface area (Å²) in [6.45, 7) is 1.64. The minimum Gasteiger partial charge on any atom is -0.467 e. The van der Waals surface area contributed by atoms with Crippen LogP contribution in [0.4, 0.5) is 4.39 Å². The van der Waals surface area contributed by atoms with Gasteiger partial charge in [0, 0.05) is 11.5 Å². The number of rotatable bonds is 5. The molecule has 0 aliphatic heterocycles. The Morgan fingerprint density at radius 3 is 2.50 bits per heavy atom. The fraction of sp³-hybridized carbons (Fsp3) is 0.357. The van der Waals surface area contributed by atoms with Crippen molar-refractivity contribution in [2.24, 2.45) is 5.92 Å². The zero-order valence-corrected chi connectivity index (χ0v) is 11.2. The fourth-order valence-electron chi connectivity index (χ4n) is 1.61. The van der Waals surface area contributed by atoms with Crippen LogP contribution in [0.3, 0.4) is 0 Å². The van der Waals surface area contributed by atoms with Crippen molar-refractivity contribution in [2.75, 3.05) is 7.11 Å². The molecule has 20 heavy (non-hydrogen) atoms. The second-order valence-corrected chi connectivity index (χ2v) is 4.32. The molecule has 0 aromatic heterocycles. The maximum Gasteiger partial charge on any atom is 0.328 e. The minimum atomic E-state index is -0.910. The summed E-state index contributed by atoms with van der Waals surface area (Å²) in [5, 5.41) is 11.2. The number of nitriles is 1. The molecule has 1 rings (SSSR count). The number of ether oxygens (including phenoxy) is 1. The molecule has 0 bridgehead atoms. The summed E-state index contributed by atoms with van der Waals surface area (Å²) in [6, 6.07) is 6.01. The highest BCUT2D eigenvalue weighted by atomic mass is 19.1. The fourth-order valence-corrected chi connectivity index (χ4v) is 1.61. The highest BCUT2D eigenvalue weighted by Crippen LogP contribution is 2.08. The molecule has 0 fully saturated rings. The van der Waals surface area contributed by atoms with E-state index in [0.717, 1.165) is 12.1 Å². The Balaban J connectivity index is 2.78. The van der Waals surface area contributed by atoms with Gasteiger partial charge in [0.05, 0.1) is 13.2 Å². The molecule has 0 unspecified atom stereocenters. The molecule has 0 aliphatic rings. The molecule has 1 amide bonds. The summed E-state index contributed by atoms with van der Waals surface area (Å²) in [7, 11) is 1.20. The average molecular weight is 278 g/mol. The Hall–Kier alpha value is -2.42. The van der Waals surface area contributed by atoms with Crippen LogP contribution < -0.4 is 5.32 Å². The van der Waals surface area contributed by atoms with E-state index in [1.807, 2.05) is 6.07 Å². The Kier molecular flexibility index (Phi) is 5.66. The number of methoxy groups -OCH3 is 1. The zero-order valence-electron chi connectivity index (χ0n) is 11.2. The Morgan fingerprint density at radius 2 is 2.00 bits per heavy atom. The van der Waals surface area contributed by atoms with Crippen LogP contribution in [0.5, 0.6) is 0 Å². The largest absolute Gasteiger partial charge is 0.467 e. The molecule has 0 saturated carbocycles. The molecular weight excluding hydrogens is 263 g/mol. The van der Waals surface area contributed by atoms with Crippen molar-refractivity contribution in [1.29, 1.82) is 5.26 Å². The number of esters is 1. The first-order valence-corrected chi connectivity index (χ1v) is 6.01. The van der Waals surface area contributed by atoms with E-state index in [9.17, 15) is 14.0 Å². The van der Waals surface area contributed by atoms with Crippen LogP contribution in [0.15, 0.2) is 24.3 Å². The van der Waals surface area contributed by atoms with Gasteiger partial charge in [0.25, 0.3) is 5.91 Å². The molecule has 2 atom stereocenters. The Bertz CT molecular complexity index is 522. The number of carbonyl (C=O) groups is 2. The van der Waals surface area contributed by atoms with E-state index >= 15 is 0 Å². The number of halogens is 1. The smallest absolute Gasteiger partial charge is 0.328 e. The van der Waals surface area contributed by atoms with Gasteiger partial charge in [-0.25, -0.2) is 9.18 Å². The van der Waals surface area contributed by atoms with Gasteiger partial charge < -0.3 is 10.1 Å². The van der Waals surface area contributed by atoms with Crippen LogP contribution in [0.25, 0.3) is 0 Å². The normalized spacial score (nSPS) is 12.9. The van der Waals surface area contributed by atoms with Crippen molar-refractivity contribution in [2.45, 2.75) is 19.4 Å². The van der Waals surface area contributed by atoms with Gasteiger partial charge in [0.2, 0.25) is 0 Å². The lowest BCUT2D eigenvalue weighted by molar-refractivity contribution is -0.143. The summed E-state index contributed by atoms with van der Waals surface area (Å²) < 4.78 is 17.4. The Labute approximate surface area is 116 Å². The molecule has 0 spiro atoms. The summed E-state index contributed by atoms with van der Waals surface area (Å²) in [5.74, 6) is -2.01. The van der Waals surface area contributed by atoms with E-state index in [0.29, 0.717) is 0 Å². The van der Waals surface area contributed by atoms with Crippen molar-refractivity contribution < 1.29 is 18.7 Å². The van der Waals surface area contributed by atoms with E-state index in [1.54, 1.807) is 6.92 Å². The number of benzene rings is 1. The number of hydrogen-bond donors (Lipinski definition) is 1. The third-order valence-electron chi connectivity index (χ3n) is 2.71. The molecule has 1 aromatic rings. The second-order valence-electron chi connectivity index (χ2n) is 4.32. The number of amides is 1. The van der Waals surface area contributed by atoms with Gasteiger partial charge in [0.15, 0.2) is 0 Å². The topological polar surface area (TPSA) is 79.2 Å². The van der Waals surface area contributed by atoms with E-state index < -0.39 is 29.7 Å². The first-order chi connectivity index (χ1) is 9.47. The van der Waals surface area contributed by atoms with Crippen LogP contribution in [0.1, 0.15) is 23.7 Å². The van der Waals surface area contributed by atoms with Gasteiger partial charge >= 0.3 is 5.97 Å². The van der Waals surface area contributed by atoms with Crippen molar-refractivity contribution in [3.05, 3.63) is 35.6 Å². The number of carbonyl (C=O) groups excluding carboxylic acids is 2. The molecule has 106 valence electrons. The highest BCUT2D eigenvalue weighted by molar-refractivity contribution is 5.96. The predicted molar refractivity (Wildman–Crippen MR) is 69.1 cm³/mol. The first-order valence-electron chi connectivity index (χ1n) is 6.01. The predicted octanol–water partition coefficient (Wildman–Crippen LogP) is 1.65. The maximum atomic E-state index is 12.8. The van der Waals surface area contributed by atoms with Gasteiger partial charge in [-0.1, -0.05) is 0 Å². The van der Waals surface area contributed by atoms with Crippen LogP contribution >= 0.6 is 0 Å². The number of nitrogens with zero attached hydrogens (tertiary/aromatic N) is 1. The van der Waals surface area contributed by atoms with Crippen LogP contribution in [0, 0.1) is 23.1 Å². The minimum absolute atomic E-state index is 0.149. The van der Waals surface area contributed by atoms with Crippen molar-refractivity contribution in [3.8, 4) is 6.07 Å². The van der Waals surface area contributed by atoms with Crippen LogP contribution in [-0.4, -0.2) is 25.0 Å². The van der Waals surface area contributed by atoms with E-state index in [1.165, 1.54) is 19.2 Å². The lowest BCUT2D eigenvalue weighted by Gasteiger charge is -2.17. The van der Waals surface area contributed by atoms with Gasteiger partial charge in [0.1, 0.15) is 11.9 Å². The first kappa shape index (κ1) is 15.6. The third-order valence-corrected chi connectivity index (χ3v) is 2.71. The van der Waals surface area contributed by atoms with Crippen molar-refractivity contribution >= 4 is 11.9 Å². The average Bonchev–Trinajstić information content (AvgIpc) is 2.46. The second kappa shape index (κ2) is 7.24. The summed E-state index contributed by atoms with van der Waals surface area (Å²) in [5.41, 5.74) is 0.227. The maximum absolute atomic E-state index is 12.8. The van der Waals surface area contributed by atoms with Crippen molar-refractivity contribution in [3.63, 3.8) is 0 Å². The third kappa shape index (κ3) is 4.35. The summed E-state index contributed by atoms with van der Waals surface area (Å²) in [4.78, 5) is 23.5. The molecule has 1 N–H and O–H groups in total. The van der Waals surface area contributed by atoms with Gasteiger partial charge in [-0.15, -0.1) is 0 Å². The number of hydrogen-bond acceptors (Lipinski definition) is 4. The van der Waals surface area contributed by atoms with Crippen molar-refractivity contribution in [1.82, 2.24) is 5.32 Å². The lowest BCUT2D eigenvalue weighted by atomic mass is 10.0. The SMILES string of the molecule is COC(=O)[C@H](C[C@H](C)C#N)NC(=O)c1ccc(F)cc1. The van der Waals surface area contributed by atoms with Crippen LogP contribution in [-0.2, 0) is 9.53 Å². The molecule has 0 radical (unpaired) electrons. The van der Waals surface area contributed by atoms with Gasteiger partial charge in [-0.2, -0.15) is 5.26 Å². The number of nitrogens with one attached hydrogen (secondary N) is 1. The summed E-state index contributed by atoms with van der Waals surface area (Å²) in [6.07, 6.45) is 0.149. The zero-order chi connectivity index (χ0) is 15.1. The molecule has 0 saturated heterocycles. The lowest BCUT2D eigenvalue weighted by Crippen LogP contribution is -2.42.